The van der Waals surface area contributed by atoms with Crippen molar-refractivity contribution in [3.05, 3.63) is 82.9 Å². The Morgan fingerprint density at radius 1 is 1.00 bits per heavy atom. The maximum atomic E-state index is 13.7. The van der Waals surface area contributed by atoms with Crippen LogP contribution in [0.15, 0.2) is 54.6 Å². The number of pyridine rings is 1. The molecule has 1 heterocycles. The minimum absolute atomic E-state index is 0.0729. The standard InChI is InChI=1S/C27H28FN/c1-6-9-22-23(18-12-14-20(28)15-13-18)24-21-11-8-7-10-19(21)16-27(4,5)26(24)29-25(22)17(2)3/h6-15,17H,16H2,1-5H3/b9-6+. The average Bonchev–Trinajstić information content (AvgIpc) is 2.68. The first-order valence-electron chi connectivity index (χ1n) is 10.4. The molecule has 0 unspecified atom stereocenters. The molecular weight excluding hydrogens is 357 g/mol. The lowest BCUT2D eigenvalue weighted by atomic mass is 9.70. The van der Waals surface area contributed by atoms with Gasteiger partial charge >= 0.3 is 0 Å². The summed E-state index contributed by atoms with van der Waals surface area (Å²) in [5, 5.41) is 0. The summed E-state index contributed by atoms with van der Waals surface area (Å²) in [6.07, 6.45) is 5.19. The predicted molar refractivity (Wildman–Crippen MR) is 121 cm³/mol. The van der Waals surface area contributed by atoms with Gasteiger partial charge in [-0.15, -0.1) is 0 Å². The molecule has 2 aromatic carbocycles. The number of fused-ring (bicyclic) bond motifs is 3. The molecule has 1 aromatic heterocycles. The first-order valence-corrected chi connectivity index (χ1v) is 10.4. The van der Waals surface area contributed by atoms with E-state index in [0.717, 1.165) is 34.5 Å². The number of hydrogen-bond donors (Lipinski definition) is 0. The molecule has 0 saturated heterocycles. The Kier molecular flexibility index (Phi) is 4.90. The number of allylic oxidation sites excluding steroid dienone is 1. The summed E-state index contributed by atoms with van der Waals surface area (Å²) in [6.45, 7) is 11.0. The molecule has 0 saturated carbocycles. The van der Waals surface area contributed by atoms with Crippen LogP contribution in [0, 0.1) is 5.82 Å². The summed E-state index contributed by atoms with van der Waals surface area (Å²) in [5.74, 6) is 0.0766. The van der Waals surface area contributed by atoms with Gasteiger partial charge in [-0.3, -0.25) is 4.98 Å². The molecule has 4 rings (SSSR count). The van der Waals surface area contributed by atoms with Gasteiger partial charge < -0.3 is 0 Å². The lowest BCUT2D eigenvalue weighted by Crippen LogP contribution is -2.28. The van der Waals surface area contributed by atoms with E-state index < -0.39 is 0 Å². The fraction of sp³-hybridized carbons (Fsp3) is 0.296. The third-order valence-corrected chi connectivity index (χ3v) is 5.84. The lowest BCUT2D eigenvalue weighted by molar-refractivity contribution is 0.497. The van der Waals surface area contributed by atoms with Crippen LogP contribution in [-0.4, -0.2) is 4.98 Å². The smallest absolute Gasteiger partial charge is 0.123 e. The van der Waals surface area contributed by atoms with E-state index in [9.17, 15) is 4.39 Å². The second-order valence-electron chi connectivity index (χ2n) is 8.89. The van der Waals surface area contributed by atoms with Crippen molar-refractivity contribution < 1.29 is 4.39 Å². The molecule has 29 heavy (non-hydrogen) atoms. The minimum atomic E-state index is -0.214. The third kappa shape index (κ3) is 3.31. The van der Waals surface area contributed by atoms with Crippen LogP contribution < -0.4 is 0 Å². The van der Waals surface area contributed by atoms with Crippen molar-refractivity contribution in [3.8, 4) is 22.3 Å². The summed E-state index contributed by atoms with van der Waals surface area (Å²) in [6, 6.07) is 15.5. The fourth-order valence-corrected chi connectivity index (χ4v) is 4.54. The molecule has 1 nitrogen and oxygen atoms in total. The van der Waals surface area contributed by atoms with Crippen LogP contribution in [0.5, 0.6) is 0 Å². The van der Waals surface area contributed by atoms with Crippen LogP contribution in [0.3, 0.4) is 0 Å². The second kappa shape index (κ2) is 7.26. The SMILES string of the molecule is C/C=C/c1c(C(C)C)nc2c(c1-c1ccc(F)cc1)-c1ccccc1CC2(C)C. The van der Waals surface area contributed by atoms with Gasteiger partial charge in [0.25, 0.3) is 0 Å². The van der Waals surface area contributed by atoms with Gasteiger partial charge in [0.15, 0.2) is 0 Å². The summed E-state index contributed by atoms with van der Waals surface area (Å²) in [7, 11) is 0. The van der Waals surface area contributed by atoms with Crippen LogP contribution in [-0.2, 0) is 11.8 Å². The van der Waals surface area contributed by atoms with E-state index in [1.54, 1.807) is 12.1 Å². The van der Waals surface area contributed by atoms with E-state index in [1.807, 2.05) is 19.1 Å². The third-order valence-electron chi connectivity index (χ3n) is 5.84. The van der Waals surface area contributed by atoms with Crippen molar-refractivity contribution in [3.63, 3.8) is 0 Å². The molecule has 0 atom stereocenters. The highest BCUT2D eigenvalue weighted by atomic mass is 19.1. The van der Waals surface area contributed by atoms with Gasteiger partial charge in [-0.2, -0.15) is 0 Å². The molecular formula is C27H28FN. The Morgan fingerprint density at radius 3 is 2.34 bits per heavy atom. The highest BCUT2D eigenvalue weighted by molar-refractivity contribution is 5.93. The first kappa shape index (κ1) is 19.6. The zero-order valence-electron chi connectivity index (χ0n) is 17.9. The molecule has 0 spiro atoms. The number of rotatable bonds is 3. The fourth-order valence-electron chi connectivity index (χ4n) is 4.54. The van der Waals surface area contributed by atoms with Crippen LogP contribution in [0.25, 0.3) is 28.3 Å². The number of halogens is 1. The van der Waals surface area contributed by atoms with E-state index in [2.05, 4.69) is 64.1 Å². The van der Waals surface area contributed by atoms with Crippen molar-refractivity contribution in [2.45, 2.75) is 52.4 Å². The van der Waals surface area contributed by atoms with Gasteiger partial charge in [0.05, 0.1) is 11.4 Å². The number of nitrogens with zero attached hydrogens (tertiary/aromatic N) is 1. The molecule has 0 bridgehead atoms. The second-order valence-corrected chi connectivity index (χ2v) is 8.89. The molecule has 0 fully saturated rings. The normalized spacial score (nSPS) is 14.9. The van der Waals surface area contributed by atoms with Crippen LogP contribution >= 0.6 is 0 Å². The van der Waals surface area contributed by atoms with Gasteiger partial charge in [0, 0.05) is 22.1 Å². The van der Waals surface area contributed by atoms with Gasteiger partial charge in [-0.05, 0) is 48.1 Å². The molecule has 0 amide bonds. The average molecular weight is 386 g/mol. The summed E-state index contributed by atoms with van der Waals surface area (Å²) in [4.78, 5) is 5.26. The van der Waals surface area contributed by atoms with Crippen LogP contribution in [0.4, 0.5) is 4.39 Å². The maximum absolute atomic E-state index is 13.7. The lowest BCUT2D eigenvalue weighted by Gasteiger charge is -2.36. The van der Waals surface area contributed by atoms with Crippen molar-refractivity contribution in [1.82, 2.24) is 4.98 Å². The highest BCUT2D eigenvalue weighted by Crippen LogP contribution is 2.49. The van der Waals surface area contributed by atoms with Crippen molar-refractivity contribution in [2.24, 2.45) is 0 Å². The maximum Gasteiger partial charge on any atom is 0.123 e. The summed E-state index contributed by atoms with van der Waals surface area (Å²) < 4.78 is 13.7. The summed E-state index contributed by atoms with van der Waals surface area (Å²) in [5.41, 5.74) is 9.30. The van der Waals surface area contributed by atoms with E-state index in [1.165, 1.54) is 16.7 Å². The largest absolute Gasteiger partial charge is 0.256 e. The Hall–Kier alpha value is -2.74. The number of benzene rings is 2. The van der Waals surface area contributed by atoms with Crippen LogP contribution in [0.1, 0.15) is 63.1 Å². The van der Waals surface area contributed by atoms with Gasteiger partial charge in [0.2, 0.25) is 0 Å². The topological polar surface area (TPSA) is 12.9 Å². The molecule has 0 radical (unpaired) electrons. The zero-order valence-corrected chi connectivity index (χ0v) is 17.9. The molecule has 148 valence electrons. The Bertz CT molecular complexity index is 1090. The molecule has 0 aliphatic heterocycles. The summed E-state index contributed by atoms with van der Waals surface area (Å²) >= 11 is 0. The number of hydrogen-bond acceptors (Lipinski definition) is 1. The monoisotopic (exact) mass is 385 g/mol. The quantitative estimate of drug-likeness (QED) is 0.454. The van der Waals surface area contributed by atoms with E-state index >= 15 is 0 Å². The van der Waals surface area contributed by atoms with Crippen molar-refractivity contribution >= 4 is 6.08 Å². The van der Waals surface area contributed by atoms with Gasteiger partial charge in [-0.1, -0.05) is 76.2 Å². The molecule has 2 heteroatoms. The van der Waals surface area contributed by atoms with Crippen molar-refractivity contribution in [1.29, 1.82) is 0 Å². The Labute approximate surface area is 173 Å². The van der Waals surface area contributed by atoms with Crippen LogP contribution in [0.2, 0.25) is 0 Å². The van der Waals surface area contributed by atoms with E-state index in [4.69, 9.17) is 4.98 Å². The van der Waals surface area contributed by atoms with Crippen molar-refractivity contribution in [2.75, 3.05) is 0 Å². The molecule has 0 N–H and O–H groups in total. The minimum Gasteiger partial charge on any atom is -0.256 e. The predicted octanol–water partition coefficient (Wildman–Crippen LogP) is 7.54. The van der Waals surface area contributed by atoms with E-state index in [0.29, 0.717) is 5.92 Å². The zero-order chi connectivity index (χ0) is 20.8. The molecule has 3 aromatic rings. The molecule has 1 aliphatic carbocycles. The first-order chi connectivity index (χ1) is 13.8. The van der Waals surface area contributed by atoms with Gasteiger partial charge in [-0.25, -0.2) is 4.39 Å². The van der Waals surface area contributed by atoms with E-state index in [-0.39, 0.29) is 11.2 Å². The Balaban J connectivity index is 2.20. The van der Waals surface area contributed by atoms with Gasteiger partial charge in [0.1, 0.15) is 5.82 Å². The molecule has 1 aliphatic rings. The Morgan fingerprint density at radius 2 is 1.69 bits per heavy atom. The highest BCUT2D eigenvalue weighted by Gasteiger charge is 2.36. The number of aromatic nitrogens is 1.